The minimum atomic E-state index is -4.11. The number of para-hydroxylation sites is 1. The Bertz CT molecular complexity index is 2540. The minimum absolute atomic E-state index is 0.0178. The molecule has 3 aliphatic rings. The highest BCUT2D eigenvalue weighted by Gasteiger charge is 2.62. The van der Waals surface area contributed by atoms with Crippen LogP contribution in [-0.2, 0) is 30.6 Å². The number of nitrogens with zero attached hydrogens (tertiary/aromatic N) is 3. The van der Waals surface area contributed by atoms with E-state index in [4.69, 9.17) is 4.43 Å². The van der Waals surface area contributed by atoms with Crippen molar-refractivity contribution < 1.29 is 32.0 Å². The van der Waals surface area contributed by atoms with Gasteiger partial charge in [0.1, 0.15) is 6.04 Å². The van der Waals surface area contributed by atoms with E-state index in [1.807, 2.05) is 48.5 Å². The maximum atomic E-state index is 15.2. The molecule has 5 aromatic rings. The van der Waals surface area contributed by atoms with Gasteiger partial charge in [0, 0.05) is 17.5 Å². The van der Waals surface area contributed by atoms with E-state index in [9.17, 15) is 18.0 Å². The van der Waals surface area contributed by atoms with E-state index in [1.54, 1.807) is 60.8 Å². The number of hydrogen-bond acceptors (Lipinski definition) is 7. The molecule has 1 saturated heterocycles. The van der Waals surface area contributed by atoms with Crippen molar-refractivity contribution in [3.63, 3.8) is 0 Å². The monoisotopic (exact) mass is 813 g/mol. The lowest BCUT2D eigenvalue weighted by Gasteiger charge is -2.47. The van der Waals surface area contributed by atoms with E-state index in [1.165, 1.54) is 21.0 Å². The summed E-state index contributed by atoms with van der Waals surface area (Å²) in [5, 5.41) is 0.586. The summed E-state index contributed by atoms with van der Waals surface area (Å²) in [5.41, 5.74) is 2.31. The van der Waals surface area contributed by atoms with Crippen LogP contribution in [0.5, 0.6) is 0 Å². The third-order valence-corrected chi connectivity index (χ3v) is 20.2. The van der Waals surface area contributed by atoms with Crippen LogP contribution in [0, 0.1) is 11.8 Å². The van der Waals surface area contributed by atoms with Gasteiger partial charge in [-0.1, -0.05) is 120 Å². The number of carbonyl (C=O) groups excluding carboxylic acids is 4. The molecule has 0 N–H and O–H groups in total. The molecule has 3 heterocycles. The van der Waals surface area contributed by atoms with Crippen LogP contribution in [0.4, 0.5) is 0 Å². The first-order valence-corrected chi connectivity index (χ1v) is 23.5. The molecule has 12 heteroatoms. The van der Waals surface area contributed by atoms with E-state index in [0.29, 0.717) is 16.5 Å². The maximum Gasteiger partial charge on any atom is 0.268 e. The number of fused-ring (bicyclic) bond motifs is 3. The summed E-state index contributed by atoms with van der Waals surface area (Å²) >= 11 is 0. The molecule has 298 valence electrons. The fourth-order valence-corrected chi connectivity index (χ4v) is 16.7. The lowest BCUT2D eigenvalue weighted by atomic mass is 9.70. The van der Waals surface area contributed by atoms with Gasteiger partial charge >= 0.3 is 0 Å². The van der Waals surface area contributed by atoms with Crippen LogP contribution in [0.1, 0.15) is 79.3 Å². The van der Waals surface area contributed by atoms with E-state index in [-0.39, 0.29) is 44.9 Å². The zero-order chi connectivity index (χ0) is 41.3. The Hall–Kier alpha value is -5.59. The van der Waals surface area contributed by atoms with Crippen molar-refractivity contribution >= 4 is 52.9 Å². The summed E-state index contributed by atoms with van der Waals surface area (Å²) < 4.78 is 37.4. The predicted molar refractivity (Wildman–Crippen MR) is 224 cm³/mol. The Balaban J connectivity index is 1.40. The highest BCUT2D eigenvalue weighted by Crippen LogP contribution is 2.53. The molecular weight excluding hydrogens is 767 g/mol. The van der Waals surface area contributed by atoms with Gasteiger partial charge in [-0.05, 0) is 64.2 Å². The summed E-state index contributed by atoms with van der Waals surface area (Å²) in [6.07, 6.45) is 3.38. The quantitative estimate of drug-likeness (QED) is 0.0968. The van der Waals surface area contributed by atoms with E-state index in [2.05, 4.69) is 41.5 Å². The van der Waals surface area contributed by atoms with Crippen molar-refractivity contribution in [3.05, 3.63) is 149 Å². The third kappa shape index (κ3) is 5.98. The first kappa shape index (κ1) is 39.2. The number of benzene rings is 4. The van der Waals surface area contributed by atoms with Crippen LogP contribution < -0.4 is 0 Å². The molecule has 0 bridgehead atoms. The number of hydrogen-bond donors (Lipinski definition) is 0. The predicted octanol–water partition coefficient (Wildman–Crippen LogP) is 8.52. The van der Waals surface area contributed by atoms with Gasteiger partial charge in [-0.3, -0.25) is 29.0 Å². The molecular formula is C46H47N3O7SSi. The van der Waals surface area contributed by atoms with E-state index >= 15 is 9.59 Å². The zero-order valence-corrected chi connectivity index (χ0v) is 35.2. The average molecular weight is 814 g/mol. The van der Waals surface area contributed by atoms with Crippen LogP contribution >= 0.6 is 0 Å². The van der Waals surface area contributed by atoms with Crippen LogP contribution in [0.3, 0.4) is 0 Å². The van der Waals surface area contributed by atoms with Crippen molar-refractivity contribution in [2.45, 2.75) is 81.6 Å². The molecule has 2 aliphatic heterocycles. The number of allylic oxidation sites excluding steroid dienone is 1. The molecule has 10 nitrogen and oxygen atoms in total. The van der Waals surface area contributed by atoms with Crippen molar-refractivity contribution in [1.29, 1.82) is 0 Å². The van der Waals surface area contributed by atoms with Gasteiger partial charge in [0.05, 0.1) is 45.7 Å². The zero-order valence-electron chi connectivity index (χ0n) is 33.4. The van der Waals surface area contributed by atoms with Crippen molar-refractivity contribution in [2.24, 2.45) is 11.8 Å². The Morgan fingerprint density at radius 2 is 1.17 bits per heavy atom. The SMILES string of the molecule is CC(C)[Si](OC1=C[C@@H](c2cn(S(=O)(=O)c3ccccc3)c3ccccc23)[C@@H]2C(=O)N(Cc3ccccc3)C(=O)[C@@H]2[C@H]1N1C(=O)c2ccccc2C1=O)(C(C)C)C(C)C. The average Bonchev–Trinajstić information content (AvgIpc) is 3.81. The van der Waals surface area contributed by atoms with Crippen LogP contribution in [0.2, 0.25) is 16.6 Å². The highest BCUT2D eigenvalue weighted by molar-refractivity contribution is 7.90. The van der Waals surface area contributed by atoms with Gasteiger partial charge in [-0.2, -0.15) is 0 Å². The fourth-order valence-electron chi connectivity index (χ4n) is 9.99. The number of amides is 4. The molecule has 1 aromatic heterocycles. The summed E-state index contributed by atoms with van der Waals surface area (Å²) in [6, 6.07) is 29.8. The molecule has 4 aromatic carbocycles. The first-order valence-electron chi connectivity index (χ1n) is 19.9. The third-order valence-electron chi connectivity index (χ3n) is 12.5. The first-order chi connectivity index (χ1) is 27.7. The van der Waals surface area contributed by atoms with Crippen LogP contribution in [-0.4, -0.2) is 60.2 Å². The van der Waals surface area contributed by atoms with Crippen LogP contribution in [0.15, 0.2) is 132 Å². The molecule has 0 spiro atoms. The molecule has 58 heavy (non-hydrogen) atoms. The summed E-state index contributed by atoms with van der Waals surface area (Å²) in [7, 11) is -6.99. The highest BCUT2D eigenvalue weighted by atomic mass is 32.2. The summed E-state index contributed by atoms with van der Waals surface area (Å²) in [6.45, 7) is 12.7. The van der Waals surface area contributed by atoms with E-state index < -0.39 is 65.8 Å². The van der Waals surface area contributed by atoms with E-state index in [0.717, 1.165) is 10.5 Å². The van der Waals surface area contributed by atoms with Gasteiger partial charge in [-0.25, -0.2) is 12.4 Å². The molecule has 1 aliphatic carbocycles. The van der Waals surface area contributed by atoms with Gasteiger partial charge in [-0.15, -0.1) is 0 Å². The maximum absolute atomic E-state index is 15.2. The molecule has 4 atom stereocenters. The second-order valence-electron chi connectivity index (χ2n) is 16.5. The van der Waals surface area contributed by atoms with Gasteiger partial charge in [0.25, 0.3) is 30.2 Å². The van der Waals surface area contributed by atoms with Crippen molar-refractivity contribution in [3.8, 4) is 0 Å². The molecule has 1 fully saturated rings. The van der Waals surface area contributed by atoms with Gasteiger partial charge < -0.3 is 4.43 Å². The molecule has 8 rings (SSSR count). The summed E-state index contributed by atoms with van der Waals surface area (Å²) in [5.74, 6) is -5.03. The second-order valence-corrected chi connectivity index (χ2v) is 23.7. The number of carbonyl (C=O) groups is 4. The second kappa shape index (κ2) is 14.7. The van der Waals surface area contributed by atoms with Gasteiger partial charge in [0.15, 0.2) is 0 Å². The Labute approximate surface area is 340 Å². The van der Waals surface area contributed by atoms with Crippen molar-refractivity contribution in [2.75, 3.05) is 0 Å². The Morgan fingerprint density at radius 3 is 1.76 bits per heavy atom. The van der Waals surface area contributed by atoms with Crippen LogP contribution in [0.25, 0.3) is 10.9 Å². The number of rotatable bonds is 11. The van der Waals surface area contributed by atoms with Crippen molar-refractivity contribution in [1.82, 2.24) is 13.8 Å². The lowest BCUT2D eigenvalue weighted by molar-refractivity contribution is -0.140. The largest absolute Gasteiger partial charge is 0.544 e. The fraction of sp³-hybridized carbons (Fsp3) is 0.304. The van der Waals surface area contributed by atoms with Gasteiger partial charge in [0.2, 0.25) is 11.8 Å². The Kier molecular flexibility index (Phi) is 9.92. The standard InChI is InChI=1S/C46H47N3O7SSi/c1-28(2)58(29(3)4,30(5)6)56-39-25-36(37-27-48(38-24-16-15-21-33(37)38)57(54,55)32-19-11-8-12-20-32)40-41(46(53)47(45(40)52)26-31-17-9-7-10-18-31)42(39)49-43(50)34-22-13-14-23-35(34)44(49)51/h7-25,27-30,36,40-42H,26H2,1-6H3/t36-,40-,41-,42-/m0/s1. The molecule has 0 radical (unpaired) electrons. The Morgan fingerprint density at radius 1 is 0.655 bits per heavy atom. The topological polar surface area (TPSA) is 123 Å². The molecule has 0 unspecified atom stereocenters. The number of imide groups is 2. The normalized spacial score (nSPS) is 21.1. The smallest absolute Gasteiger partial charge is 0.268 e. The number of aromatic nitrogens is 1. The number of likely N-dealkylation sites (tertiary alicyclic amines) is 1. The molecule has 4 amide bonds. The summed E-state index contributed by atoms with van der Waals surface area (Å²) in [4.78, 5) is 61.7. The lowest BCUT2D eigenvalue weighted by Crippen LogP contribution is -2.56. The minimum Gasteiger partial charge on any atom is -0.544 e. The molecule has 0 saturated carbocycles.